The summed E-state index contributed by atoms with van der Waals surface area (Å²) in [5, 5.41) is 3.08. The van der Waals surface area contributed by atoms with E-state index < -0.39 is 6.04 Å². The number of hydrogen-bond acceptors (Lipinski definition) is 3. The Morgan fingerprint density at radius 2 is 1.96 bits per heavy atom. The molecule has 1 aromatic carbocycles. The molecule has 0 heterocycles. The second kappa shape index (κ2) is 7.93. The van der Waals surface area contributed by atoms with Gasteiger partial charge in [-0.3, -0.25) is 4.79 Å². The third-order valence-corrected chi connectivity index (χ3v) is 5.84. The van der Waals surface area contributed by atoms with Crippen LogP contribution in [0, 0.1) is 11.8 Å². The van der Waals surface area contributed by atoms with Gasteiger partial charge in [-0.1, -0.05) is 24.3 Å². The number of nitrogens with two attached hydrogens (primary N) is 1. The van der Waals surface area contributed by atoms with Crippen molar-refractivity contribution < 1.29 is 9.59 Å². The van der Waals surface area contributed by atoms with E-state index in [0.29, 0.717) is 12.5 Å². The lowest BCUT2D eigenvalue weighted by atomic mass is 9.79. The zero-order chi connectivity index (χ0) is 16.9. The molecule has 2 atom stereocenters. The third kappa shape index (κ3) is 3.86. The van der Waals surface area contributed by atoms with E-state index in [1.54, 1.807) is 0 Å². The van der Waals surface area contributed by atoms with Crippen LogP contribution in [-0.4, -0.2) is 24.8 Å². The molecule has 2 unspecified atom stereocenters. The molecule has 3 N–H and O–H groups in total. The fourth-order valence-electron chi connectivity index (χ4n) is 4.26. The van der Waals surface area contributed by atoms with Crippen LogP contribution < -0.4 is 11.1 Å². The predicted octanol–water partition coefficient (Wildman–Crippen LogP) is 2.56. The van der Waals surface area contributed by atoms with Gasteiger partial charge in [-0.25, -0.2) is 0 Å². The number of aldehydes is 1. The summed E-state index contributed by atoms with van der Waals surface area (Å²) >= 11 is 0. The van der Waals surface area contributed by atoms with Crippen LogP contribution >= 0.6 is 0 Å². The minimum atomic E-state index is -0.448. The summed E-state index contributed by atoms with van der Waals surface area (Å²) in [6.07, 6.45) is 7.98. The highest BCUT2D eigenvalue weighted by Gasteiger charge is 2.30. The number of hydrogen-bond donors (Lipinski definition) is 2. The maximum atomic E-state index is 12.4. The highest BCUT2D eigenvalue weighted by Crippen LogP contribution is 2.31. The van der Waals surface area contributed by atoms with E-state index in [1.165, 1.54) is 17.5 Å². The summed E-state index contributed by atoms with van der Waals surface area (Å²) in [5.41, 5.74) is 8.98. The molecule has 0 bridgehead atoms. The maximum Gasteiger partial charge on any atom is 0.237 e. The van der Waals surface area contributed by atoms with Crippen LogP contribution in [-0.2, 0) is 16.0 Å². The SMILES string of the molecule is NC(C(=O)NCC1CCCc2ccccc21)C1CCC(C=O)CC1. The fraction of sp³-hybridized carbons (Fsp3) is 0.600. The van der Waals surface area contributed by atoms with Gasteiger partial charge in [0.2, 0.25) is 5.91 Å². The summed E-state index contributed by atoms with van der Waals surface area (Å²) in [5.74, 6) is 0.736. The summed E-state index contributed by atoms with van der Waals surface area (Å²) in [6.45, 7) is 0.674. The molecule has 2 aliphatic rings. The topological polar surface area (TPSA) is 72.2 Å². The molecular weight excluding hydrogens is 300 g/mol. The van der Waals surface area contributed by atoms with Crippen molar-refractivity contribution in [1.82, 2.24) is 5.32 Å². The molecule has 130 valence electrons. The van der Waals surface area contributed by atoms with Crippen LogP contribution in [0.4, 0.5) is 0 Å². The summed E-state index contributed by atoms with van der Waals surface area (Å²) in [7, 11) is 0. The predicted molar refractivity (Wildman–Crippen MR) is 94.6 cm³/mol. The Bertz CT molecular complexity index is 579. The van der Waals surface area contributed by atoms with Gasteiger partial charge < -0.3 is 15.8 Å². The first kappa shape index (κ1) is 17.2. The molecule has 0 saturated heterocycles. The monoisotopic (exact) mass is 328 g/mol. The number of aryl methyl sites for hydroxylation is 1. The van der Waals surface area contributed by atoms with Crippen molar-refractivity contribution in [2.75, 3.05) is 6.54 Å². The minimum absolute atomic E-state index is 0.0346. The van der Waals surface area contributed by atoms with Crippen molar-refractivity contribution in [3.63, 3.8) is 0 Å². The normalized spacial score (nSPS) is 27.8. The second-order valence-electron chi connectivity index (χ2n) is 7.37. The first-order chi connectivity index (χ1) is 11.7. The quantitative estimate of drug-likeness (QED) is 0.816. The zero-order valence-electron chi connectivity index (χ0n) is 14.2. The van der Waals surface area contributed by atoms with Gasteiger partial charge in [-0.15, -0.1) is 0 Å². The number of amides is 1. The van der Waals surface area contributed by atoms with Crippen molar-refractivity contribution in [1.29, 1.82) is 0 Å². The molecule has 0 aliphatic heterocycles. The first-order valence-corrected chi connectivity index (χ1v) is 9.25. The number of nitrogens with one attached hydrogen (secondary N) is 1. The van der Waals surface area contributed by atoms with Gasteiger partial charge in [0.1, 0.15) is 6.29 Å². The maximum absolute atomic E-state index is 12.4. The number of carbonyl (C=O) groups is 2. The number of benzene rings is 1. The van der Waals surface area contributed by atoms with E-state index in [9.17, 15) is 9.59 Å². The van der Waals surface area contributed by atoms with Crippen molar-refractivity contribution >= 4 is 12.2 Å². The molecule has 3 rings (SSSR count). The highest BCUT2D eigenvalue weighted by atomic mass is 16.2. The highest BCUT2D eigenvalue weighted by molar-refractivity contribution is 5.81. The Morgan fingerprint density at radius 3 is 2.71 bits per heavy atom. The van der Waals surface area contributed by atoms with E-state index in [0.717, 1.165) is 44.8 Å². The van der Waals surface area contributed by atoms with Crippen LogP contribution in [0.15, 0.2) is 24.3 Å². The smallest absolute Gasteiger partial charge is 0.237 e. The van der Waals surface area contributed by atoms with Crippen LogP contribution in [0.3, 0.4) is 0 Å². The van der Waals surface area contributed by atoms with E-state index in [2.05, 4.69) is 29.6 Å². The first-order valence-electron chi connectivity index (χ1n) is 9.25. The van der Waals surface area contributed by atoms with Crippen LogP contribution in [0.1, 0.15) is 55.6 Å². The van der Waals surface area contributed by atoms with Crippen molar-refractivity contribution in [2.45, 2.75) is 56.9 Å². The lowest BCUT2D eigenvalue weighted by Crippen LogP contribution is -2.47. The Balaban J connectivity index is 1.52. The van der Waals surface area contributed by atoms with Crippen molar-refractivity contribution in [3.8, 4) is 0 Å². The molecule has 1 aromatic rings. The zero-order valence-corrected chi connectivity index (χ0v) is 14.2. The number of fused-ring (bicyclic) bond motifs is 1. The molecule has 2 aliphatic carbocycles. The summed E-state index contributed by atoms with van der Waals surface area (Å²) in [4.78, 5) is 23.3. The van der Waals surface area contributed by atoms with Crippen LogP contribution in [0.2, 0.25) is 0 Å². The molecular formula is C20H28N2O2. The molecule has 1 fully saturated rings. The molecule has 4 nitrogen and oxygen atoms in total. The fourth-order valence-corrected chi connectivity index (χ4v) is 4.26. The van der Waals surface area contributed by atoms with Gasteiger partial charge in [0.05, 0.1) is 6.04 Å². The van der Waals surface area contributed by atoms with E-state index in [-0.39, 0.29) is 17.7 Å². The van der Waals surface area contributed by atoms with Gasteiger partial charge in [0.25, 0.3) is 0 Å². The van der Waals surface area contributed by atoms with E-state index >= 15 is 0 Å². The Morgan fingerprint density at radius 1 is 1.21 bits per heavy atom. The largest absolute Gasteiger partial charge is 0.354 e. The third-order valence-electron chi connectivity index (χ3n) is 5.84. The lowest BCUT2D eigenvalue weighted by molar-refractivity contribution is -0.124. The second-order valence-corrected chi connectivity index (χ2v) is 7.37. The number of rotatable bonds is 5. The average molecular weight is 328 g/mol. The van der Waals surface area contributed by atoms with Gasteiger partial charge in [-0.05, 0) is 62.0 Å². The molecule has 1 amide bonds. The van der Waals surface area contributed by atoms with Crippen LogP contribution in [0.5, 0.6) is 0 Å². The summed E-state index contributed by atoms with van der Waals surface area (Å²) < 4.78 is 0. The van der Waals surface area contributed by atoms with E-state index in [1.807, 2.05) is 0 Å². The van der Waals surface area contributed by atoms with Gasteiger partial charge in [0.15, 0.2) is 0 Å². The molecule has 0 aromatic heterocycles. The Labute approximate surface area is 144 Å². The van der Waals surface area contributed by atoms with Crippen molar-refractivity contribution in [3.05, 3.63) is 35.4 Å². The summed E-state index contributed by atoms with van der Waals surface area (Å²) in [6, 6.07) is 8.10. The molecule has 4 heteroatoms. The minimum Gasteiger partial charge on any atom is -0.354 e. The molecule has 0 radical (unpaired) electrons. The molecule has 1 saturated carbocycles. The van der Waals surface area contributed by atoms with Crippen molar-refractivity contribution in [2.24, 2.45) is 17.6 Å². The Kier molecular flexibility index (Phi) is 5.67. The van der Waals surface area contributed by atoms with Gasteiger partial charge in [-0.2, -0.15) is 0 Å². The number of carbonyl (C=O) groups excluding carboxylic acids is 2. The van der Waals surface area contributed by atoms with E-state index in [4.69, 9.17) is 5.73 Å². The lowest BCUT2D eigenvalue weighted by Gasteiger charge is -2.30. The standard InChI is InChI=1S/C20H28N2O2/c21-19(16-10-8-14(13-23)9-11-16)20(24)22-12-17-6-3-5-15-4-1-2-7-18(15)17/h1-2,4,7,13-14,16-17,19H,3,5-6,8-12,21H2,(H,22,24). The average Bonchev–Trinajstić information content (AvgIpc) is 2.65. The van der Waals surface area contributed by atoms with Crippen LogP contribution in [0.25, 0.3) is 0 Å². The Hall–Kier alpha value is -1.68. The molecule has 24 heavy (non-hydrogen) atoms. The molecule has 0 spiro atoms. The van der Waals surface area contributed by atoms with Gasteiger partial charge >= 0.3 is 0 Å². The van der Waals surface area contributed by atoms with Gasteiger partial charge in [0, 0.05) is 18.4 Å².